The molecule has 0 fully saturated rings. The molecule has 114 valence electrons. The van der Waals surface area contributed by atoms with Gasteiger partial charge in [0.15, 0.2) is 0 Å². The number of hydrogen-bond acceptors (Lipinski definition) is 5. The SMILES string of the molecule is CCOCCCNc1ncnc2scc(-c3ccccc3)c12. The van der Waals surface area contributed by atoms with Crippen LogP contribution in [-0.2, 0) is 4.74 Å². The van der Waals surface area contributed by atoms with Gasteiger partial charge in [-0.3, -0.25) is 0 Å². The van der Waals surface area contributed by atoms with Gasteiger partial charge >= 0.3 is 0 Å². The molecule has 5 heteroatoms. The molecule has 22 heavy (non-hydrogen) atoms. The van der Waals surface area contributed by atoms with E-state index in [-0.39, 0.29) is 0 Å². The van der Waals surface area contributed by atoms with Crippen LogP contribution >= 0.6 is 11.3 Å². The van der Waals surface area contributed by atoms with Crippen LogP contribution in [0.5, 0.6) is 0 Å². The van der Waals surface area contributed by atoms with Crippen molar-refractivity contribution < 1.29 is 4.74 Å². The van der Waals surface area contributed by atoms with E-state index in [4.69, 9.17) is 4.74 Å². The van der Waals surface area contributed by atoms with Crippen molar-refractivity contribution in [3.05, 3.63) is 42.0 Å². The molecule has 0 aliphatic rings. The average Bonchev–Trinajstić information content (AvgIpc) is 3.00. The molecule has 1 aromatic carbocycles. The van der Waals surface area contributed by atoms with Crippen molar-refractivity contribution >= 4 is 27.4 Å². The Morgan fingerprint density at radius 1 is 1.18 bits per heavy atom. The van der Waals surface area contributed by atoms with Gasteiger partial charge in [0, 0.05) is 30.7 Å². The first-order chi connectivity index (χ1) is 10.9. The number of aromatic nitrogens is 2. The zero-order valence-electron chi connectivity index (χ0n) is 12.6. The lowest BCUT2D eigenvalue weighted by molar-refractivity contribution is 0.147. The summed E-state index contributed by atoms with van der Waals surface area (Å²) in [6, 6.07) is 10.4. The number of thiophene rings is 1. The number of anilines is 1. The maximum absolute atomic E-state index is 5.37. The second kappa shape index (κ2) is 7.33. The number of fused-ring (bicyclic) bond motifs is 1. The molecule has 0 aliphatic carbocycles. The molecule has 2 aromatic heterocycles. The van der Waals surface area contributed by atoms with Gasteiger partial charge in [-0.2, -0.15) is 0 Å². The normalized spacial score (nSPS) is 11.0. The highest BCUT2D eigenvalue weighted by molar-refractivity contribution is 7.17. The molecular weight excluding hydrogens is 294 g/mol. The molecule has 0 atom stereocenters. The standard InChI is InChI=1S/C17H19N3OS/c1-2-21-10-6-9-18-16-15-14(13-7-4-3-5-8-13)11-22-17(15)20-12-19-16/h3-5,7-8,11-12H,2,6,9-10H2,1H3,(H,18,19,20). The molecule has 0 bridgehead atoms. The Hall–Kier alpha value is -1.98. The minimum atomic E-state index is 0.764. The fraction of sp³-hybridized carbons (Fsp3) is 0.294. The van der Waals surface area contributed by atoms with Crippen molar-refractivity contribution in [3.8, 4) is 11.1 Å². The zero-order chi connectivity index (χ0) is 15.2. The van der Waals surface area contributed by atoms with Crippen molar-refractivity contribution in [2.24, 2.45) is 0 Å². The van der Waals surface area contributed by atoms with Crippen molar-refractivity contribution in [1.29, 1.82) is 0 Å². The van der Waals surface area contributed by atoms with E-state index in [0.717, 1.165) is 42.2 Å². The molecule has 3 rings (SSSR count). The van der Waals surface area contributed by atoms with Crippen molar-refractivity contribution in [3.63, 3.8) is 0 Å². The van der Waals surface area contributed by atoms with Gasteiger partial charge in [0.1, 0.15) is 17.0 Å². The van der Waals surface area contributed by atoms with Crippen LogP contribution in [0.25, 0.3) is 21.3 Å². The highest BCUT2D eigenvalue weighted by Crippen LogP contribution is 2.36. The molecule has 0 saturated carbocycles. The summed E-state index contributed by atoms with van der Waals surface area (Å²) in [5, 5.41) is 6.68. The van der Waals surface area contributed by atoms with Crippen molar-refractivity contribution in [2.45, 2.75) is 13.3 Å². The highest BCUT2D eigenvalue weighted by atomic mass is 32.1. The second-order valence-electron chi connectivity index (χ2n) is 4.90. The first-order valence-corrected chi connectivity index (χ1v) is 8.37. The molecule has 0 amide bonds. The number of hydrogen-bond donors (Lipinski definition) is 1. The second-order valence-corrected chi connectivity index (χ2v) is 5.75. The molecule has 3 aromatic rings. The van der Waals surface area contributed by atoms with Crippen molar-refractivity contribution in [2.75, 3.05) is 25.1 Å². The highest BCUT2D eigenvalue weighted by Gasteiger charge is 2.12. The third-order valence-electron chi connectivity index (χ3n) is 3.42. The lowest BCUT2D eigenvalue weighted by atomic mass is 10.1. The minimum Gasteiger partial charge on any atom is -0.382 e. The first kappa shape index (κ1) is 14.9. The molecule has 0 radical (unpaired) electrons. The minimum absolute atomic E-state index is 0.764. The maximum Gasteiger partial charge on any atom is 0.138 e. The van der Waals surface area contributed by atoms with E-state index in [2.05, 4.69) is 44.9 Å². The van der Waals surface area contributed by atoms with Crippen molar-refractivity contribution in [1.82, 2.24) is 9.97 Å². The number of ether oxygens (including phenoxy) is 1. The topological polar surface area (TPSA) is 47.0 Å². The zero-order valence-corrected chi connectivity index (χ0v) is 13.4. The number of nitrogens with zero attached hydrogens (tertiary/aromatic N) is 2. The quantitative estimate of drug-likeness (QED) is 0.664. The van der Waals surface area contributed by atoms with Gasteiger partial charge in [-0.25, -0.2) is 9.97 Å². The van der Waals surface area contributed by atoms with Gasteiger partial charge in [0.25, 0.3) is 0 Å². The summed E-state index contributed by atoms with van der Waals surface area (Å²) in [7, 11) is 0. The molecule has 4 nitrogen and oxygen atoms in total. The Bertz CT molecular complexity index is 727. The molecule has 1 N–H and O–H groups in total. The van der Waals surface area contributed by atoms with Crippen LogP contribution in [0.4, 0.5) is 5.82 Å². The van der Waals surface area contributed by atoms with Gasteiger partial charge in [-0.05, 0) is 18.9 Å². The predicted octanol–water partition coefficient (Wildman–Crippen LogP) is 4.20. The largest absolute Gasteiger partial charge is 0.382 e. The third kappa shape index (κ3) is 3.26. The van der Waals surface area contributed by atoms with Gasteiger partial charge in [0.2, 0.25) is 0 Å². The Balaban J connectivity index is 1.85. The summed E-state index contributed by atoms with van der Waals surface area (Å²) in [5.41, 5.74) is 2.38. The molecule has 0 saturated heterocycles. The summed E-state index contributed by atoms with van der Waals surface area (Å²) in [5.74, 6) is 0.904. The molecule has 0 aliphatic heterocycles. The fourth-order valence-corrected chi connectivity index (χ4v) is 3.28. The molecular formula is C17H19N3OS. The van der Waals surface area contributed by atoms with E-state index in [0.29, 0.717) is 0 Å². The Morgan fingerprint density at radius 2 is 2.05 bits per heavy atom. The lowest BCUT2D eigenvalue weighted by Crippen LogP contribution is -2.07. The number of benzene rings is 1. The van der Waals surface area contributed by atoms with Crippen LogP contribution in [-0.4, -0.2) is 29.7 Å². The fourth-order valence-electron chi connectivity index (χ4n) is 2.36. The summed E-state index contributed by atoms with van der Waals surface area (Å²) in [6.45, 7) is 4.39. The summed E-state index contributed by atoms with van der Waals surface area (Å²) in [4.78, 5) is 9.83. The van der Waals surface area contributed by atoms with Crippen LogP contribution < -0.4 is 5.32 Å². The third-order valence-corrected chi connectivity index (χ3v) is 4.30. The first-order valence-electron chi connectivity index (χ1n) is 7.49. The van der Waals surface area contributed by atoms with Crippen LogP contribution in [0.3, 0.4) is 0 Å². The van der Waals surface area contributed by atoms with E-state index in [1.807, 2.05) is 13.0 Å². The van der Waals surface area contributed by atoms with Crippen LogP contribution in [0.1, 0.15) is 13.3 Å². The van der Waals surface area contributed by atoms with E-state index >= 15 is 0 Å². The van der Waals surface area contributed by atoms with Gasteiger partial charge in [-0.1, -0.05) is 30.3 Å². The van der Waals surface area contributed by atoms with Gasteiger partial charge in [0.05, 0.1) is 5.39 Å². The van der Waals surface area contributed by atoms with Gasteiger partial charge < -0.3 is 10.1 Å². The van der Waals surface area contributed by atoms with E-state index < -0.39 is 0 Å². The predicted molar refractivity (Wildman–Crippen MR) is 92.5 cm³/mol. The Morgan fingerprint density at radius 3 is 2.86 bits per heavy atom. The summed E-state index contributed by atoms with van der Waals surface area (Å²) < 4.78 is 5.37. The summed E-state index contributed by atoms with van der Waals surface area (Å²) in [6.07, 6.45) is 2.59. The van der Waals surface area contributed by atoms with Gasteiger partial charge in [-0.15, -0.1) is 11.3 Å². The monoisotopic (exact) mass is 313 g/mol. The van der Waals surface area contributed by atoms with Crippen LogP contribution in [0, 0.1) is 0 Å². The summed E-state index contributed by atoms with van der Waals surface area (Å²) >= 11 is 1.65. The van der Waals surface area contributed by atoms with E-state index in [9.17, 15) is 0 Å². The van der Waals surface area contributed by atoms with E-state index in [1.54, 1.807) is 17.7 Å². The number of rotatable bonds is 7. The Labute approximate surface area is 134 Å². The van der Waals surface area contributed by atoms with Crippen LogP contribution in [0.15, 0.2) is 42.0 Å². The maximum atomic E-state index is 5.37. The number of nitrogens with one attached hydrogen (secondary N) is 1. The molecule has 0 spiro atoms. The molecule has 2 heterocycles. The smallest absolute Gasteiger partial charge is 0.138 e. The molecule has 0 unspecified atom stereocenters. The average molecular weight is 313 g/mol. The lowest BCUT2D eigenvalue weighted by Gasteiger charge is -2.08. The van der Waals surface area contributed by atoms with Crippen LogP contribution in [0.2, 0.25) is 0 Å². The Kier molecular flexibility index (Phi) is 4.98. The van der Waals surface area contributed by atoms with E-state index in [1.165, 1.54) is 11.1 Å².